The van der Waals surface area contributed by atoms with Gasteiger partial charge in [0.1, 0.15) is 5.82 Å². The summed E-state index contributed by atoms with van der Waals surface area (Å²) in [5.74, 6) is 0.369. The molecule has 4 nitrogen and oxygen atoms in total. The standard InChI is InChI=1S/C8H13F3N4/c1-14(6-8(9,10)11)4-5-15-3-2-7(12)13-15/h2-3H,4-6H2,1H3,(H2,12,13). The molecule has 15 heavy (non-hydrogen) atoms. The van der Waals surface area contributed by atoms with Gasteiger partial charge in [0.15, 0.2) is 0 Å². The molecule has 86 valence electrons. The van der Waals surface area contributed by atoms with Gasteiger partial charge in [0.25, 0.3) is 0 Å². The quantitative estimate of drug-likeness (QED) is 0.825. The van der Waals surface area contributed by atoms with Gasteiger partial charge in [0, 0.05) is 12.7 Å². The smallest absolute Gasteiger partial charge is 0.382 e. The van der Waals surface area contributed by atoms with E-state index in [2.05, 4.69) is 5.10 Å². The molecule has 0 aliphatic carbocycles. The van der Waals surface area contributed by atoms with Crippen molar-refractivity contribution in [2.24, 2.45) is 0 Å². The van der Waals surface area contributed by atoms with E-state index in [1.165, 1.54) is 16.6 Å². The maximum atomic E-state index is 12.0. The summed E-state index contributed by atoms with van der Waals surface area (Å²) in [6.07, 6.45) is -2.52. The summed E-state index contributed by atoms with van der Waals surface area (Å²) in [5, 5.41) is 3.87. The van der Waals surface area contributed by atoms with Crippen LogP contribution in [0.1, 0.15) is 0 Å². The molecule has 2 N–H and O–H groups in total. The predicted molar refractivity (Wildman–Crippen MR) is 50.2 cm³/mol. The van der Waals surface area contributed by atoms with Gasteiger partial charge < -0.3 is 5.73 Å². The first-order valence-corrected chi connectivity index (χ1v) is 4.41. The molecule has 1 aromatic heterocycles. The van der Waals surface area contributed by atoms with Crippen LogP contribution >= 0.6 is 0 Å². The van der Waals surface area contributed by atoms with Crippen LogP contribution in [-0.4, -0.2) is 41.0 Å². The topological polar surface area (TPSA) is 47.1 Å². The van der Waals surface area contributed by atoms with E-state index in [1.807, 2.05) is 0 Å². The second kappa shape index (κ2) is 4.52. The van der Waals surface area contributed by atoms with Crippen molar-refractivity contribution in [2.45, 2.75) is 12.7 Å². The minimum atomic E-state index is -4.15. The van der Waals surface area contributed by atoms with E-state index < -0.39 is 12.7 Å². The van der Waals surface area contributed by atoms with Gasteiger partial charge in [0.2, 0.25) is 0 Å². The summed E-state index contributed by atoms with van der Waals surface area (Å²) < 4.78 is 37.4. The van der Waals surface area contributed by atoms with Crippen LogP contribution in [0.5, 0.6) is 0 Å². The molecule has 0 unspecified atom stereocenters. The number of alkyl halides is 3. The number of hydrogen-bond donors (Lipinski definition) is 1. The Kier molecular flexibility index (Phi) is 3.57. The highest BCUT2D eigenvalue weighted by molar-refractivity contribution is 5.23. The molecular formula is C8H13F3N4. The second-order valence-corrected chi connectivity index (χ2v) is 3.36. The molecule has 1 rings (SSSR count). The van der Waals surface area contributed by atoms with E-state index in [0.29, 0.717) is 12.4 Å². The van der Waals surface area contributed by atoms with Gasteiger partial charge in [-0.25, -0.2) is 0 Å². The third-order valence-corrected chi connectivity index (χ3v) is 1.82. The fourth-order valence-corrected chi connectivity index (χ4v) is 1.16. The van der Waals surface area contributed by atoms with Crippen LogP contribution in [0, 0.1) is 0 Å². The second-order valence-electron chi connectivity index (χ2n) is 3.36. The maximum absolute atomic E-state index is 12.0. The molecule has 0 spiro atoms. The van der Waals surface area contributed by atoms with Crippen LogP contribution in [0.3, 0.4) is 0 Å². The lowest BCUT2D eigenvalue weighted by Gasteiger charge is -2.18. The monoisotopic (exact) mass is 222 g/mol. The number of hydrogen-bond acceptors (Lipinski definition) is 3. The fraction of sp³-hybridized carbons (Fsp3) is 0.625. The van der Waals surface area contributed by atoms with Crippen molar-refractivity contribution in [2.75, 3.05) is 25.9 Å². The molecule has 7 heteroatoms. The lowest BCUT2D eigenvalue weighted by atomic mass is 10.5. The van der Waals surface area contributed by atoms with Crippen molar-refractivity contribution < 1.29 is 13.2 Å². The number of rotatable bonds is 4. The number of aromatic nitrogens is 2. The summed E-state index contributed by atoms with van der Waals surface area (Å²) in [6.45, 7) is -0.242. The third kappa shape index (κ3) is 4.68. The van der Waals surface area contributed by atoms with Crippen molar-refractivity contribution in [3.63, 3.8) is 0 Å². The zero-order valence-electron chi connectivity index (χ0n) is 8.33. The molecule has 0 aliphatic rings. The Hall–Kier alpha value is -1.24. The molecular weight excluding hydrogens is 209 g/mol. The Morgan fingerprint density at radius 3 is 2.67 bits per heavy atom. The Balaban J connectivity index is 2.31. The molecule has 0 aromatic carbocycles. The van der Waals surface area contributed by atoms with Crippen molar-refractivity contribution in [3.05, 3.63) is 12.3 Å². The first-order chi connectivity index (χ1) is 6.87. The molecule has 0 radical (unpaired) electrons. The van der Waals surface area contributed by atoms with Crippen molar-refractivity contribution in [3.8, 4) is 0 Å². The average Bonchev–Trinajstić information content (AvgIpc) is 2.45. The molecule has 0 saturated carbocycles. The van der Waals surface area contributed by atoms with E-state index in [-0.39, 0.29) is 6.54 Å². The van der Waals surface area contributed by atoms with Crippen LogP contribution in [0.4, 0.5) is 19.0 Å². The predicted octanol–water partition coefficient (Wildman–Crippen LogP) is 0.959. The zero-order valence-corrected chi connectivity index (χ0v) is 8.33. The SMILES string of the molecule is CN(CCn1ccc(N)n1)CC(F)(F)F. The van der Waals surface area contributed by atoms with Gasteiger partial charge in [-0.2, -0.15) is 18.3 Å². The van der Waals surface area contributed by atoms with Gasteiger partial charge in [-0.15, -0.1) is 0 Å². The van der Waals surface area contributed by atoms with Crippen molar-refractivity contribution in [1.82, 2.24) is 14.7 Å². The number of nitrogen functional groups attached to an aromatic ring is 1. The zero-order chi connectivity index (χ0) is 11.5. The van der Waals surface area contributed by atoms with Gasteiger partial charge in [0.05, 0.1) is 13.1 Å². The van der Waals surface area contributed by atoms with Crippen LogP contribution < -0.4 is 5.73 Å². The van der Waals surface area contributed by atoms with E-state index >= 15 is 0 Å². The summed E-state index contributed by atoms with van der Waals surface area (Å²) in [5.41, 5.74) is 5.36. The first kappa shape index (κ1) is 11.8. The van der Waals surface area contributed by atoms with Gasteiger partial charge in [-0.3, -0.25) is 9.58 Å². The average molecular weight is 222 g/mol. The molecule has 0 saturated heterocycles. The number of nitrogens with two attached hydrogens (primary N) is 1. The molecule has 1 heterocycles. The van der Waals surface area contributed by atoms with Crippen LogP contribution in [-0.2, 0) is 6.54 Å². The number of nitrogens with zero attached hydrogens (tertiary/aromatic N) is 3. The largest absolute Gasteiger partial charge is 0.401 e. The summed E-state index contributed by atoms with van der Waals surface area (Å²) in [4.78, 5) is 1.19. The molecule has 0 amide bonds. The van der Waals surface area contributed by atoms with E-state index in [9.17, 15) is 13.2 Å². The van der Waals surface area contributed by atoms with E-state index in [1.54, 1.807) is 12.3 Å². The van der Waals surface area contributed by atoms with E-state index in [4.69, 9.17) is 5.73 Å². The van der Waals surface area contributed by atoms with Crippen molar-refractivity contribution in [1.29, 1.82) is 0 Å². The Bertz CT molecular complexity index is 307. The third-order valence-electron chi connectivity index (χ3n) is 1.82. The van der Waals surface area contributed by atoms with Gasteiger partial charge in [-0.05, 0) is 13.1 Å². The highest BCUT2D eigenvalue weighted by atomic mass is 19.4. The Labute approximate surface area is 85.5 Å². The van der Waals surface area contributed by atoms with Crippen molar-refractivity contribution >= 4 is 5.82 Å². The number of anilines is 1. The summed E-state index contributed by atoms with van der Waals surface area (Å²) >= 11 is 0. The van der Waals surface area contributed by atoms with E-state index in [0.717, 1.165) is 0 Å². The Morgan fingerprint density at radius 1 is 1.53 bits per heavy atom. The maximum Gasteiger partial charge on any atom is 0.401 e. The highest BCUT2D eigenvalue weighted by Crippen LogP contribution is 2.15. The molecule has 1 aromatic rings. The molecule has 0 fully saturated rings. The lowest BCUT2D eigenvalue weighted by Crippen LogP contribution is -2.33. The normalized spacial score (nSPS) is 12.3. The van der Waals surface area contributed by atoms with Crippen LogP contribution in [0.15, 0.2) is 12.3 Å². The minimum absolute atomic E-state index is 0.278. The fourth-order valence-electron chi connectivity index (χ4n) is 1.16. The molecule has 0 aliphatic heterocycles. The van der Waals surface area contributed by atoms with Crippen LogP contribution in [0.2, 0.25) is 0 Å². The number of halogens is 3. The molecule has 0 bridgehead atoms. The minimum Gasteiger partial charge on any atom is -0.382 e. The summed E-state index contributed by atoms with van der Waals surface area (Å²) in [6, 6.07) is 1.60. The Morgan fingerprint density at radius 2 is 2.20 bits per heavy atom. The van der Waals surface area contributed by atoms with Crippen LogP contribution in [0.25, 0.3) is 0 Å². The number of likely N-dealkylation sites (N-methyl/N-ethyl adjacent to an activating group) is 1. The van der Waals surface area contributed by atoms with Gasteiger partial charge in [-0.1, -0.05) is 0 Å². The highest BCUT2D eigenvalue weighted by Gasteiger charge is 2.28. The molecule has 0 atom stereocenters. The lowest BCUT2D eigenvalue weighted by molar-refractivity contribution is -0.143. The first-order valence-electron chi connectivity index (χ1n) is 4.41. The van der Waals surface area contributed by atoms with Gasteiger partial charge >= 0.3 is 6.18 Å². The summed E-state index contributed by atoms with van der Waals surface area (Å²) in [7, 11) is 1.42.